The van der Waals surface area contributed by atoms with E-state index in [4.69, 9.17) is 20.2 Å². The predicted octanol–water partition coefficient (Wildman–Crippen LogP) is 2.81. The Morgan fingerprint density at radius 3 is 1.40 bits per heavy atom. The van der Waals surface area contributed by atoms with Crippen molar-refractivity contribution in [2.75, 3.05) is 0 Å². The van der Waals surface area contributed by atoms with Crippen LogP contribution in [0.25, 0.3) is 0 Å². The Morgan fingerprint density at radius 1 is 1.00 bits per heavy atom. The maximum absolute atomic E-state index is 4.76. The molecule has 0 bridgehead atoms. The van der Waals surface area contributed by atoms with Gasteiger partial charge in [0.05, 0.1) is 0 Å². The summed E-state index contributed by atoms with van der Waals surface area (Å²) in [5.41, 5.74) is 0. The number of imidazole rings is 2. The van der Waals surface area contributed by atoms with Crippen LogP contribution in [-0.2, 0) is 13.1 Å². The van der Waals surface area contributed by atoms with Crippen molar-refractivity contribution in [3.8, 4) is 0 Å². The van der Waals surface area contributed by atoms with Gasteiger partial charge in [-0.25, -0.2) is 9.97 Å². The van der Waals surface area contributed by atoms with Gasteiger partial charge in [-0.15, -0.1) is 0 Å². The zero-order chi connectivity index (χ0) is 11.5. The molecule has 2 N–H and O–H groups in total. The van der Waals surface area contributed by atoms with Crippen LogP contribution in [0.3, 0.4) is 0 Å². The van der Waals surface area contributed by atoms with Gasteiger partial charge in [0.25, 0.3) is 0 Å². The molecule has 15 heavy (non-hydrogen) atoms. The monoisotopic (exact) mass is 290 g/mol. The molecule has 7 heteroatoms. The molecule has 0 atom stereocenters. The van der Waals surface area contributed by atoms with E-state index in [1.165, 1.54) is 0 Å². The van der Waals surface area contributed by atoms with Gasteiger partial charge in [0.2, 0.25) is 0 Å². The van der Waals surface area contributed by atoms with Gasteiger partial charge in [0.15, 0.2) is 0 Å². The molecule has 0 aliphatic carbocycles. The van der Waals surface area contributed by atoms with Gasteiger partial charge < -0.3 is 9.97 Å². The molecule has 0 aliphatic rings. The molecule has 0 saturated heterocycles. The van der Waals surface area contributed by atoms with Crippen molar-refractivity contribution in [1.82, 2.24) is 19.9 Å². The molecule has 0 fully saturated rings. The zero-order valence-corrected chi connectivity index (χ0v) is 10.9. The van der Waals surface area contributed by atoms with Crippen LogP contribution < -0.4 is 0 Å². The molecule has 0 aromatic carbocycles. The average molecular weight is 291 g/mol. The normalized spacial score (nSPS) is 8.53. The standard InChI is InChI=1S/2C4H6N2.2ClH.Fe/c2*1-4-5-2-3-6-4;;;/h2*2-3H,1H3,(H,5,6);2*1H;/q;;;;+2/p-2. The molecule has 2 heterocycles. The van der Waals surface area contributed by atoms with Gasteiger partial charge in [0, 0.05) is 24.8 Å². The van der Waals surface area contributed by atoms with E-state index in [-0.39, 0.29) is 13.1 Å². The summed E-state index contributed by atoms with van der Waals surface area (Å²) in [6, 6.07) is 0. The Bertz CT molecular complexity index is 277. The van der Waals surface area contributed by atoms with Gasteiger partial charge >= 0.3 is 33.3 Å². The molecular formula is C8H12Cl2FeN4. The van der Waals surface area contributed by atoms with Crippen molar-refractivity contribution in [2.45, 2.75) is 13.8 Å². The first-order valence-electron chi connectivity index (χ1n) is 3.97. The fourth-order valence-electron chi connectivity index (χ4n) is 0.688. The molecule has 0 unspecified atom stereocenters. The van der Waals surface area contributed by atoms with Crippen molar-refractivity contribution >= 4 is 20.2 Å². The molecule has 0 radical (unpaired) electrons. The van der Waals surface area contributed by atoms with Crippen molar-refractivity contribution < 1.29 is 13.1 Å². The van der Waals surface area contributed by atoms with E-state index in [2.05, 4.69) is 19.9 Å². The van der Waals surface area contributed by atoms with Crippen molar-refractivity contribution in [1.29, 1.82) is 0 Å². The first-order chi connectivity index (χ1) is 7.20. The third-order valence-electron chi connectivity index (χ3n) is 1.27. The molecule has 0 aliphatic heterocycles. The number of hydrogen-bond donors (Lipinski definition) is 2. The van der Waals surface area contributed by atoms with E-state index in [9.17, 15) is 0 Å². The number of aromatic amines is 2. The molecule has 2 rings (SSSR count). The predicted molar refractivity (Wildman–Crippen MR) is 58.4 cm³/mol. The molecule has 0 amide bonds. The zero-order valence-electron chi connectivity index (χ0n) is 8.31. The van der Waals surface area contributed by atoms with Crippen molar-refractivity contribution in [3.05, 3.63) is 36.4 Å². The van der Waals surface area contributed by atoms with E-state index < -0.39 is 0 Å². The number of rotatable bonds is 0. The Labute approximate surface area is 103 Å². The minimum absolute atomic E-state index is 0.194. The van der Waals surface area contributed by atoms with Crippen LogP contribution in [0.15, 0.2) is 24.8 Å². The third kappa shape index (κ3) is 9.82. The van der Waals surface area contributed by atoms with Crippen LogP contribution >= 0.6 is 20.2 Å². The minimum atomic E-state index is 0.194. The van der Waals surface area contributed by atoms with Gasteiger partial charge in [-0.05, 0) is 13.8 Å². The Hall–Kier alpha value is -0.481. The topological polar surface area (TPSA) is 57.4 Å². The van der Waals surface area contributed by atoms with Gasteiger partial charge in [-0.3, -0.25) is 0 Å². The molecule has 0 spiro atoms. The van der Waals surface area contributed by atoms with E-state index in [0.29, 0.717) is 0 Å². The summed E-state index contributed by atoms with van der Waals surface area (Å²) in [5, 5.41) is 0. The Kier molecular flexibility index (Phi) is 9.73. The third-order valence-corrected chi connectivity index (χ3v) is 1.27. The first-order valence-corrected chi connectivity index (χ1v) is 7.01. The summed E-state index contributed by atoms with van der Waals surface area (Å²) < 4.78 is 0. The molecular weight excluding hydrogens is 279 g/mol. The summed E-state index contributed by atoms with van der Waals surface area (Å²) in [4.78, 5) is 13.5. The number of halogens is 2. The summed E-state index contributed by atoms with van der Waals surface area (Å²) in [5.74, 6) is 1.94. The molecule has 2 aromatic heterocycles. The first kappa shape index (κ1) is 14.5. The number of nitrogens with zero attached hydrogens (tertiary/aromatic N) is 2. The fraction of sp³-hybridized carbons (Fsp3) is 0.250. The molecule has 2 aromatic rings. The molecule has 4 nitrogen and oxygen atoms in total. The maximum atomic E-state index is 4.76. The molecule has 0 saturated carbocycles. The van der Waals surface area contributed by atoms with Crippen LogP contribution in [0.5, 0.6) is 0 Å². The van der Waals surface area contributed by atoms with Gasteiger partial charge in [-0.2, -0.15) is 0 Å². The second-order valence-electron chi connectivity index (χ2n) is 2.40. The SMILES string of the molecule is Cc1ncc[nH]1.Cc1ncc[nH]1.[Cl][Fe][Cl]. The van der Waals surface area contributed by atoms with Crippen LogP contribution in [0.1, 0.15) is 11.6 Å². The summed E-state index contributed by atoms with van der Waals surface area (Å²) in [7, 11) is 9.53. The van der Waals surface area contributed by atoms with Gasteiger partial charge in [-0.1, -0.05) is 0 Å². The number of aryl methyl sites for hydroxylation is 2. The second kappa shape index (κ2) is 10.1. The van der Waals surface area contributed by atoms with Crippen molar-refractivity contribution in [2.24, 2.45) is 0 Å². The summed E-state index contributed by atoms with van der Waals surface area (Å²) in [6.07, 6.45) is 7.06. The van der Waals surface area contributed by atoms with Crippen LogP contribution in [0.4, 0.5) is 0 Å². The summed E-state index contributed by atoms with van der Waals surface area (Å²) in [6.45, 7) is 3.83. The fourth-order valence-corrected chi connectivity index (χ4v) is 0.688. The van der Waals surface area contributed by atoms with E-state index in [0.717, 1.165) is 11.6 Å². The quantitative estimate of drug-likeness (QED) is 0.733. The van der Waals surface area contributed by atoms with Crippen LogP contribution in [0.2, 0.25) is 0 Å². The Morgan fingerprint density at radius 2 is 1.33 bits per heavy atom. The average Bonchev–Trinajstić information content (AvgIpc) is 2.81. The van der Waals surface area contributed by atoms with Crippen LogP contribution in [0, 0.1) is 13.8 Å². The number of aromatic nitrogens is 4. The van der Waals surface area contributed by atoms with Gasteiger partial charge in [0.1, 0.15) is 11.6 Å². The van der Waals surface area contributed by atoms with E-state index >= 15 is 0 Å². The van der Waals surface area contributed by atoms with Crippen LogP contribution in [-0.4, -0.2) is 19.9 Å². The van der Waals surface area contributed by atoms with Crippen molar-refractivity contribution in [3.63, 3.8) is 0 Å². The number of hydrogen-bond acceptors (Lipinski definition) is 2. The number of nitrogens with one attached hydrogen (secondary N) is 2. The summed E-state index contributed by atoms with van der Waals surface area (Å²) >= 11 is 0.194. The van der Waals surface area contributed by atoms with E-state index in [1.54, 1.807) is 24.8 Å². The second-order valence-corrected chi connectivity index (χ2v) is 4.22. The Balaban J connectivity index is 0.000000210. The number of H-pyrrole nitrogens is 2. The molecule has 86 valence electrons. The van der Waals surface area contributed by atoms with E-state index in [1.807, 2.05) is 13.8 Å².